The second kappa shape index (κ2) is 6.07. The van der Waals surface area contributed by atoms with Crippen LogP contribution >= 0.6 is 27.5 Å². The zero-order chi connectivity index (χ0) is 13.1. The van der Waals surface area contributed by atoms with Crippen molar-refractivity contribution in [2.75, 3.05) is 7.05 Å². The van der Waals surface area contributed by atoms with E-state index >= 15 is 0 Å². The van der Waals surface area contributed by atoms with Crippen LogP contribution in [0.5, 0.6) is 0 Å². The number of rotatable bonds is 2. The van der Waals surface area contributed by atoms with Crippen LogP contribution in [0.15, 0.2) is 28.7 Å². The van der Waals surface area contributed by atoms with Crippen molar-refractivity contribution in [2.24, 2.45) is 0 Å². The molecule has 0 aliphatic heterocycles. The zero-order valence-corrected chi connectivity index (χ0v) is 12.7. The summed E-state index contributed by atoms with van der Waals surface area (Å²) in [6.07, 6.45) is 4.34. The molecule has 1 aromatic rings. The minimum atomic E-state index is 0.0556. The predicted molar refractivity (Wildman–Crippen MR) is 78.1 cm³/mol. The van der Waals surface area contributed by atoms with Crippen molar-refractivity contribution in [3.8, 4) is 0 Å². The molecule has 1 fully saturated rings. The van der Waals surface area contributed by atoms with Gasteiger partial charge in [0.25, 0.3) is 5.91 Å². The van der Waals surface area contributed by atoms with Gasteiger partial charge in [-0.25, -0.2) is 0 Å². The number of halogens is 2. The van der Waals surface area contributed by atoms with Gasteiger partial charge in [-0.1, -0.05) is 28.8 Å². The van der Waals surface area contributed by atoms with Crippen LogP contribution in [0.2, 0.25) is 0 Å². The third-order valence-electron chi connectivity index (χ3n) is 3.56. The molecule has 1 aliphatic carbocycles. The SMILES string of the molecule is CN(C(=O)c1ccc(Br)cc1)C1CCCCC1Cl. The number of amides is 1. The minimum Gasteiger partial charge on any atom is -0.337 e. The molecule has 0 radical (unpaired) electrons. The maximum absolute atomic E-state index is 12.4. The van der Waals surface area contributed by atoms with E-state index in [4.69, 9.17) is 11.6 Å². The van der Waals surface area contributed by atoms with Crippen LogP contribution in [0.4, 0.5) is 0 Å². The van der Waals surface area contributed by atoms with Gasteiger partial charge in [-0.15, -0.1) is 11.6 Å². The average molecular weight is 331 g/mol. The first-order valence-corrected chi connectivity index (χ1v) is 7.49. The summed E-state index contributed by atoms with van der Waals surface area (Å²) in [5.41, 5.74) is 0.718. The van der Waals surface area contributed by atoms with Crippen molar-refractivity contribution in [2.45, 2.75) is 37.1 Å². The van der Waals surface area contributed by atoms with Gasteiger partial charge in [0.2, 0.25) is 0 Å². The lowest BCUT2D eigenvalue weighted by Gasteiger charge is -2.35. The van der Waals surface area contributed by atoms with Crippen LogP contribution in [0.1, 0.15) is 36.0 Å². The van der Waals surface area contributed by atoms with Crippen molar-refractivity contribution in [3.05, 3.63) is 34.3 Å². The Morgan fingerprint density at radius 1 is 1.28 bits per heavy atom. The van der Waals surface area contributed by atoms with Gasteiger partial charge in [0.05, 0.1) is 5.38 Å². The van der Waals surface area contributed by atoms with E-state index < -0.39 is 0 Å². The van der Waals surface area contributed by atoms with E-state index in [1.54, 1.807) is 4.90 Å². The molecule has 0 saturated heterocycles. The van der Waals surface area contributed by atoms with Crippen LogP contribution in [0.25, 0.3) is 0 Å². The number of alkyl halides is 1. The summed E-state index contributed by atoms with van der Waals surface area (Å²) in [6, 6.07) is 7.63. The Bertz CT molecular complexity index is 420. The minimum absolute atomic E-state index is 0.0556. The number of carbonyl (C=O) groups is 1. The highest BCUT2D eigenvalue weighted by Crippen LogP contribution is 2.27. The van der Waals surface area contributed by atoms with Crippen molar-refractivity contribution in [3.63, 3.8) is 0 Å². The zero-order valence-electron chi connectivity index (χ0n) is 10.4. The van der Waals surface area contributed by atoms with Gasteiger partial charge in [0.15, 0.2) is 0 Å². The van der Waals surface area contributed by atoms with Gasteiger partial charge in [0.1, 0.15) is 0 Å². The first-order chi connectivity index (χ1) is 8.59. The molecule has 1 amide bonds. The number of nitrogens with zero attached hydrogens (tertiary/aromatic N) is 1. The van der Waals surface area contributed by atoms with Crippen LogP contribution < -0.4 is 0 Å². The van der Waals surface area contributed by atoms with Gasteiger partial charge in [-0.2, -0.15) is 0 Å². The molecule has 0 bridgehead atoms. The highest BCUT2D eigenvalue weighted by Gasteiger charge is 2.29. The molecule has 1 aromatic carbocycles. The summed E-state index contributed by atoms with van der Waals surface area (Å²) in [7, 11) is 1.86. The third kappa shape index (κ3) is 3.07. The molecule has 2 unspecified atom stereocenters. The first kappa shape index (κ1) is 13.9. The highest BCUT2D eigenvalue weighted by molar-refractivity contribution is 9.10. The Balaban J connectivity index is 2.10. The van der Waals surface area contributed by atoms with E-state index in [1.807, 2.05) is 31.3 Å². The van der Waals surface area contributed by atoms with Gasteiger partial charge in [0, 0.05) is 23.1 Å². The van der Waals surface area contributed by atoms with E-state index in [0.29, 0.717) is 0 Å². The topological polar surface area (TPSA) is 20.3 Å². The fourth-order valence-corrected chi connectivity index (χ4v) is 3.16. The second-order valence-electron chi connectivity index (χ2n) is 4.79. The molecule has 2 rings (SSSR count). The molecule has 0 spiro atoms. The van der Waals surface area contributed by atoms with Crippen molar-refractivity contribution < 1.29 is 4.79 Å². The van der Waals surface area contributed by atoms with Crippen molar-refractivity contribution in [1.29, 1.82) is 0 Å². The van der Waals surface area contributed by atoms with E-state index in [-0.39, 0.29) is 17.3 Å². The van der Waals surface area contributed by atoms with Gasteiger partial charge >= 0.3 is 0 Å². The van der Waals surface area contributed by atoms with Crippen LogP contribution in [-0.4, -0.2) is 29.3 Å². The molecule has 2 nitrogen and oxygen atoms in total. The molecule has 98 valence electrons. The molecular weight excluding hydrogens is 314 g/mol. The summed E-state index contributed by atoms with van der Waals surface area (Å²) >= 11 is 9.70. The average Bonchev–Trinajstić information content (AvgIpc) is 2.38. The largest absolute Gasteiger partial charge is 0.337 e. The summed E-state index contributed by atoms with van der Waals surface area (Å²) in [5, 5.41) is 0.0862. The highest BCUT2D eigenvalue weighted by atomic mass is 79.9. The van der Waals surface area contributed by atoms with Crippen LogP contribution in [-0.2, 0) is 0 Å². The Morgan fingerprint density at radius 2 is 1.89 bits per heavy atom. The molecule has 0 N–H and O–H groups in total. The molecule has 0 aromatic heterocycles. The molecule has 1 saturated carbocycles. The molecule has 4 heteroatoms. The Morgan fingerprint density at radius 3 is 2.50 bits per heavy atom. The lowest BCUT2D eigenvalue weighted by Crippen LogP contribution is -2.44. The monoisotopic (exact) mass is 329 g/mol. The Hall–Kier alpha value is -0.540. The summed E-state index contributed by atoms with van der Waals surface area (Å²) < 4.78 is 0.981. The van der Waals surface area contributed by atoms with E-state index in [1.165, 1.54) is 6.42 Å². The predicted octanol–water partition coefficient (Wildman–Crippen LogP) is 4.07. The van der Waals surface area contributed by atoms with Crippen LogP contribution in [0.3, 0.4) is 0 Å². The smallest absolute Gasteiger partial charge is 0.253 e. The lowest BCUT2D eigenvalue weighted by atomic mass is 9.93. The van der Waals surface area contributed by atoms with E-state index in [0.717, 1.165) is 29.3 Å². The molecule has 0 heterocycles. The number of carbonyl (C=O) groups excluding carboxylic acids is 1. The standard InChI is InChI=1S/C14H17BrClNO/c1-17(13-5-3-2-4-12(13)16)14(18)10-6-8-11(15)9-7-10/h6-9,12-13H,2-5H2,1H3. The maximum Gasteiger partial charge on any atom is 0.253 e. The Labute approximate surface area is 121 Å². The van der Waals surface area contributed by atoms with Crippen LogP contribution in [0, 0.1) is 0 Å². The van der Waals surface area contributed by atoms with Gasteiger partial charge in [-0.3, -0.25) is 4.79 Å². The van der Waals surface area contributed by atoms with Gasteiger partial charge in [-0.05, 0) is 37.1 Å². The quantitative estimate of drug-likeness (QED) is 0.749. The maximum atomic E-state index is 12.4. The molecular formula is C14H17BrClNO. The van der Waals surface area contributed by atoms with E-state index in [9.17, 15) is 4.79 Å². The molecule has 1 aliphatic rings. The molecule has 2 atom stereocenters. The molecule has 18 heavy (non-hydrogen) atoms. The van der Waals surface area contributed by atoms with Crippen molar-refractivity contribution in [1.82, 2.24) is 4.90 Å². The number of hydrogen-bond acceptors (Lipinski definition) is 1. The fraction of sp³-hybridized carbons (Fsp3) is 0.500. The number of hydrogen-bond donors (Lipinski definition) is 0. The fourth-order valence-electron chi connectivity index (χ4n) is 2.45. The van der Waals surface area contributed by atoms with Crippen molar-refractivity contribution >= 4 is 33.4 Å². The third-order valence-corrected chi connectivity index (χ3v) is 4.59. The Kier molecular flexibility index (Phi) is 4.68. The second-order valence-corrected chi connectivity index (χ2v) is 6.27. The summed E-state index contributed by atoms with van der Waals surface area (Å²) in [4.78, 5) is 14.2. The number of benzene rings is 1. The summed E-state index contributed by atoms with van der Waals surface area (Å²) in [6.45, 7) is 0. The first-order valence-electron chi connectivity index (χ1n) is 6.26. The van der Waals surface area contributed by atoms with E-state index in [2.05, 4.69) is 15.9 Å². The normalized spacial score (nSPS) is 23.7. The lowest BCUT2D eigenvalue weighted by molar-refractivity contribution is 0.0700. The summed E-state index contributed by atoms with van der Waals surface area (Å²) in [5.74, 6) is 0.0556. The van der Waals surface area contributed by atoms with Gasteiger partial charge < -0.3 is 4.90 Å².